The molecule has 1 aromatic carbocycles. The zero-order chi connectivity index (χ0) is 16.7. The van der Waals surface area contributed by atoms with Crippen molar-refractivity contribution >= 4 is 23.6 Å². The zero-order valence-corrected chi connectivity index (χ0v) is 13.1. The van der Waals surface area contributed by atoms with Crippen LogP contribution < -0.4 is 10.1 Å². The highest BCUT2D eigenvalue weighted by molar-refractivity contribution is 8.00. The lowest BCUT2D eigenvalue weighted by Crippen LogP contribution is -2.15. The molecule has 2 N–H and O–H groups in total. The number of carbonyl (C=O) groups is 1. The summed E-state index contributed by atoms with van der Waals surface area (Å²) in [6, 6.07) is 11.0. The van der Waals surface area contributed by atoms with Crippen LogP contribution >= 0.6 is 11.8 Å². The number of nitrogens with zero attached hydrogens (tertiary/aromatic N) is 3. The van der Waals surface area contributed by atoms with Gasteiger partial charge in [0.1, 0.15) is 17.9 Å². The van der Waals surface area contributed by atoms with Gasteiger partial charge in [-0.05, 0) is 31.2 Å². The van der Waals surface area contributed by atoms with Gasteiger partial charge in [0.15, 0.2) is 11.4 Å². The number of hydrogen-bond donors (Lipinski definition) is 2. The normalized spacial score (nSPS) is 9.70. The molecule has 2 aromatic rings. The number of H-pyrrole nitrogens is 1. The Hall–Kier alpha value is -2.97. The smallest absolute Gasteiger partial charge is 0.237 e. The molecule has 0 saturated carbocycles. The van der Waals surface area contributed by atoms with Gasteiger partial charge in [0, 0.05) is 4.90 Å². The van der Waals surface area contributed by atoms with Crippen LogP contribution in [0.5, 0.6) is 5.75 Å². The van der Waals surface area contributed by atoms with Crippen molar-refractivity contribution in [3.63, 3.8) is 0 Å². The molecular weight excluding hydrogens is 314 g/mol. The second kappa shape index (κ2) is 7.87. The van der Waals surface area contributed by atoms with Gasteiger partial charge < -0.3 is 9.72 Å². The minimum absolute atomic E-state index is 0.0296. The van der Waals surface area contributed by atoms with Gasteiger partial charge in [-0.3, -0.25) is 10.1 Å². The van der Waals surface area contributed by atoms with Gasteiger partial charge in [0.2, 0.25) is 11.9 Å². The highest BCUT2D eigenvalue weighted by Crippen LogP contribution is 2.21. The van der Waals surface area contributed by atoms with Crippen LogP contribution in [-0.2, 0) is 4.79 Å². The van der Waals surface area contributed by atoms with Crippen molar-refractivity contribution in [1.29, 1.82) is 10.5 Å². The second-order valence-corrected chi connectivity index (χ2v) is 5.32. The van der Waals surface area contributed by atoms with Crippen LogP contribution in [0.1, 0.15) is 18.3 Å². The molecular formula is C15H13N5O2S. The Bertz CT molecular complexity index is 739. The van der Waals surface area contributed by atoms with Gasteiger partial charge in [-0.1, -0.05) is 0 Å². The van der Waals surface area contributed by atoms with Crippen LogP contribution in [0.25, 0.3) is 0 Å². The van der Waals surface area contributed by atoms with E-state index in [4.69, 9.17) is 15.3 Å². The van der Waals surface area contributed by atoms with Gasteiger partial charge in [0.25, 0.3) is 0 Å². The van der Waals surface area contributed by atoms with E-state index in [9.17, 15) is 4.79 Å². The lowest BCUT2D eigenvalue weighted by atomic mass is 10.3. The number of amides is 1. The molecule has 0 atom stereocenters. The highest BCUT2D eigenvalue weighted by Gasteiger charge is 2.11. The monoisotopic (exact) mass is 327 g/mol. The van der Waals surface area contributed by atoms with E-state index in [2.05, 4.69) is 15.3 Å². The number of benzene rings is 1. The molecule has 0 aliphatic heterocycles. The number of carbonyl (C=O) groups excluding carboxylic acids is 1. The first-order chi connectivity index (χ1) is 11.2. The van der Waals surface area contributed by atoms with Crippen molar-refractivity contribution in [2.75, 3.05) is 17.7 Å². The van der Waals surface area contributed by atoms with Crippen molar-refractivity contribution in [3.05, 3.63) is 35.7 Å². The zero-order valence-electron chi connectivity index (χ0n) is 12.3. The van der Waals surface area contributed by atoms with Crippen LogP contribution in [0.2, 0.25) is 0 Å². The topological polar surface area (TPSA) is 115 Å². The molecule has 1 amide bonds. The minimum atomic E-state index is -0.286. The van der Waals surface area contributed by atoms with Crippen molar-refractivity contribution in [2.24, 2.45) is 0 Å². The number of nitrogens with one attached hydrogen (secondary N) is 2. The Labute approximate surface area is 137 Å². The first-order valence-corrected chi connectivity index (χ1v) is 7.70. The number of thioether (sulfide) groups is 1. The molecule has 116 valence electrons. The van der Waals surface area contributed by atoms with Crippen LogP contribution in [0, 0.1) is 22.7 Å². The molecule has 8 heteroatoms. The van der Waals surface area contributed by atoms with Crippen LogP contribution in [-0.4, -0.2) is 28.2 Å². The quantitative estimate of drug-likeness (QED) is 0.787. The van der Waals surface area contributed by atoms with E-state index in [1.54, 1.807) is 12.1 Å². The highest BCUT2D eigenvalue weighted by atomic mass is 32.2. The summed E-state index contributed by atoms with van der Waals surface area (Å²) in [5, 5.41) is 20.1. The summed E-state index contributed by atoms with van der Waals surface area (Å²) >= 11 is 1.36. The maximum absolute atomic E-state index is 11.9. The van der Waals surface area contributed by atoms with E-state index in [-0.39, 0.29) is 29.0 Å². The molecule has 0 bridgehead atoms. The molecule has 0 saturated heterocycles. The maximum atomic E-state index is 11.9. The van der Waals surface area contributed by atoms with Crippen LogP contribution in [0.4, 0.5) is 5.95 Å². The number of aromatic nitrogens is 2. The van der Waals surface area contributed by atoms with Gasteiger partial charge in [-0.15, -0.1) is 11.8 Å². The van der Waals surface area contributed by atoms with E-state index in [0.29, 0.717) is 6.61 Å². The lowest BCUT2D eigenvalue weighted by molar-refractivity contribution is -0.113. The van der Waals surface area contributed by atoms with Crippen molar-refractivity contribution in [2.45, 2.75) is 11.8 Å². The second-order valence-electron chi connectivity index (χ2n) is 4.27. The third kappa shape index (κ3) is 4.50. The maximum Gasteiger partial charge on any atom is 0.237 e. The molecule has 23 heavy (non-hydrogen) atoms. The van der Waals surface area contributed by atoms with E-state index < -0.39 is 0 Å². The lowest BCUT2D eigenvalue weighted by Gasteiger charge is -2.05. The number of nitriles is 2. The molecule has 7 nitrogen and oxygen atoms in total. The summed E-state index contributed by atoms with van der Waals surface area (Å²) in [6.45, 7) is 2.52. The summed E-state index contributed by atoms with van der Waals surface area (Å²) in [7, 11) is 0. The molecule has 0 unspecified atom stereocenters. The first-order valence-electron chi connectivity index (χ1n) is 6.72. The van der Waals surface area contributed by atoms with Crippen LogP contribution in [0.15, 0.2) is 29.2 Å². The average Bonchev–Trinajstić information content (AvgIpc) is 2.96. The Balaban J connectivity index is 1.89. The molecule has 0 radical (unpaired) electrons. The summed E-state index contributed by atoms with van der Waals surface area (Å²) in [5.41, 5.74) is -0.0102. The number of imidazole rings is 1. The largest absolute Gasteiger partial charge is 0.494 e. The van der Waals surface area contributed by atoms with Crippen molar-refractivity contribution in [1.82, 2.24) is 9.97 Å². The Morgan fingerprint density at radius 1 is 1.35 bits per heavy atom. The standard InChI is InChI=1S/C15H13N5O2S/c1-2-22-10-3-5-11(6-4-10)23-9-14(21)20-15-18-12(7-16)13(8-17)19-15/h3-6H,2,9H2,1H3,(H2,18,19,20,21). The van der Waals surface area contributed by atoms with Gasteiger partial charge >= 0.3 is 0 Å². The van der Waals surface area contributed by atoms with Crippen molar-refractivity contribution < 1.29 is 9.53 Å². The van der Waals surface area contributed by atoms with E-state index in [0.717, 1.165) is 10.6 Å². The predicted molar refractivity (Wildman–Crippen MR) is 85.0 cm³/mol. The van der Waals surface area contributed by atoms with Crippen LogP contribution in [0.3, 0.4) is 0 Å². The predicted octanol–water partition coefficient (Wildman–Crippen LogP) is 2.28. The molecule has 1 heterocycles. The number of ether oxygens (including phenoxy) is 1. The molecule has 0 fully saturated rings. The third-order valence-electron chi connectivity index (χ3n) is 2.68. The van der Waals surface area contributed by atoms with E-state index >= 15 is 0 Å². The summed E-state index contributed by atoms with van der Waals surface area (Å²) in [6.07, 6.45) is 0. The van der Waals surface area contributed by atoms with Crippen molar-refractivity contribution in [3.8, 4) is 17.9 Å². The fourth-order valence-electron chi connectivity index (χ4n) is 1.71. The Kier molecular flexibility index (Phi) is 5.61. The molecule has 0 aliphatic rings. The summed E-state index contributed by atoms with van der Waals surface area (Å²) in [4.78, 5) is 19.2. The number of anilines is 1. The average molecular weight is 327 g/mol. The number of rotatable bonds is 6. The number of aromatic amines is 1. The van der Waals surface area contributed by atoms with E-state index in [1.807, 2.05) is 31.2 Å². The van der Waals surface area contributed by atoms with E-state index in [1.165, 1.54) is 11.8 Å². The molecule has 2 rings (SSSR count). The Morgan fingerprint density at radius 3 is 2.65 bits per heavy atom. The Morgan fingerprint density at radius 2 is 2.09 bits per heavy atom. The summed E-state index contributed by atoms with van der Waals surface area (Å²) < 4.78 is 5.35. The first kappa shape index (κ1) is 16.4. The van der Waals surface area contributed by atoms with Gasteiger partial charge in [-0.2, -0.15) is 10.5 Å². The molecule has 0 spiro atoms. The molecule has 0 aliphatic carbocycles. The summed E-state index contributed by atoms with van der Waals surface area (Å²) in [5.74, 6) is 0.769. The fraction of sp³-hybridized carbons (Fsp3) is 0.200. The SMILES string of the molecule is CCOc1ccc(SCC(=O)Nc2nc(C#N)c(C#N)[nH]2)cc1. The minimum Gasteiger partial charge on any atom is -0.494 e. The fourth-order valence-corrected chi connectivity index (χ4v) is 2.41. The third-order valence-corrected chi connectivity index (χ3v) is 3.70. The van der Waals surface area contributed by atoms with Gasteiger partial charge in [0.05, 0.1) is 12.4 Å². The van der Waals surface area contributed by atoms with Gasteiger partial charge in [-0.25, -0.2) is 4.98 Å². The number of hydrogen-bond acceptors (Lipinski definition) is 6. The molecule has 1 aromatic heterocycles.